The van der Waals surface area contributed by atoms with Crippen LogP contribution in [0, 0.1) is 23.2 Å². The Kier molecular flexibility index (Phi) is 4.82. The minimum atomic E-state index is -0.276. The summed E-state index contributed by atoms with van der Waals surface area (Å²) in [5.41, 5.74) is -0.276. The fourth-order valence-corrected chi connectivity index (χ4v) is 3.99. The zero-order chi connectivity index (χ0) is 15.7. The monoisotopic (exact) mass is 306 g/mol. The fourth-order valence-electron chi connectivity index (χ4n) is 3.99. The third-order valence-corrected chi connectivity index (χ3v) is 5.73. The summed E-state index contributed by atoms with van der Waals surface area (Å²) in [6, 6.07) is 0.365. The molecule has 22 heavy (non-hydrogen) atoms. The minimum absolute atomic E-state index is 0.216. The number of nitrogens with one attached hydrogen (secondary N) is 1. The predicted octanol–water partition coefficient (Wildman–Crippen LogP) is 3.44. The summed E-state index contributed by atoms with van der Waals surface area (Å²) in [5.74, 6) is 2.94. The van der Waals surface area contributed by atoms with Crippen LogP contribution in [0.5, 0.6) is 0 Å². The molecule has 126 valence electrons. The molecule has 3 aliphatic rings. The number of hydrogen-bond acceptors (Lipinski definition) is 2. The van der Waals surface area contributed by atoms with Crippen LogP contribution in [-0.2, 0) is 4.79 Å². The number of hydrogen-bond donors (Lipinski definition) is 1. The van der Waals surface area contributed by atoms with Crippen LogP contribution >= 0.6 is 0 Å². The van der Waals surface area contributed by atoms with Crippen molar-refractivity contribution in [2.24, 2.45) is 23.2 Å². The minimum Gasteiger partial charge on any atom is -0.352 e. The van der Waals surface area contributed by atoms with Crippen LogP contribution in [0.15, 0.2) is 0 Å². The Balaban J connectivity index is 1.56. The summed E-state index contributed by atoms with van der Waals surface area (Å²) >= 11 is 0. The molecule has 0 aromatic carbocycles. The highest BCUT2D eigenvalue weighted by Gasteiger charge is 2.35. The Morgan fingerprint density at radius 3 is 2.32 bits per heavy atom. The summed E-state index contributed by atoms with van der Waals surface area (Å²) in [5, 5.41) is 3.34. The highest BCUT2D eigenvalue weighted by atomic mass is 16.2. The summed E-state index contributed by atoms with van der Waals surface area (Å²) in [6.45, 7) is 9.65. The van der Waals surface area contributed by atoms with Gasteiger partial charge in [-0.3, -0.25) is 4.79 Å². The number of likely N-dealkylation sites (tertiary alicyclic amines) is 1. The number of carbonyl (C=O) groups is 1. The Morgan fingerprint density at radius 1 is 1.05 bits per heavy atom. The van der Waals surface area contributed by atoms with Gasteiger partial charge in [-0.2, -0.15) is 0 Å². The molecule has 2 aliphatic carbocycles. The maximum Gasteiger partial charge on any atom is 0.225 e. The van der Waals surface area contributed by atoms with Crippen LogP contribution in [0.2, 0.25) is 0 Å². The Labute approximate surface area is 136 Å². The molecular weight excluding hydrogens is 272 g/mol. The lowest BCUT2D eigenvalue weighted by Crippen LogP contribution is -2.54. The first-order valence-electron chi connectivity index (χ1n) is 9.43. The molecule has 3 nitrogen and oxygen atoms in total. The summed E-state index contributed by atoms with van der Waals surface area (Å²) in [7, 11) is 0. The van der Waals surface area contributed by atoms with Crippen molar-refractivity contribution in [1.29, 1.82) is 0 Å². The van der Waals surface area contributed by atoms with Gasteiger partial charge in [0.1, 0.15) is 0 Å². The highest BCUT2D eigenvalue weighted by Crippen LogP contribution is 2.38. The molecule has 3 fully saturated rings. The van der Waals surface area contributed by atoms with Gasteiger partial charge in [0, 0.05) is 31.1 Å². The summed E-state index contributed by atoms with van der Waals surface area (Å²) < 4.78 is 0. The quantitative estimate of drug-likeness (QED) is 0.844. The maximum atomic E-state index is 12.3. The molecule has 2 atom stereocenters. The average molecular weight is 306 g/mol. The fraction of sp³-hybridized carbons (Fsp3) is 0.947. The van der Waals surface area contributed by atoms with Crippen LogP contribution in [0.25, 0.3) is 0 Å². The van der Waals surface area contributed by atoms with Crippen LogP contribution in [0.1, 0.15) is 65.7 Å². The number of amides is 1. The number of piperidine rings is 1. The molecule has 1 N–H and O–H groups in total. The summed E-state index contributed by atoms with van der Waals surface area (Å²) in [6.07, 6.45) is 9.73. The van der Waals surface area contributed by atoms with E-state index in [4.69, 9.17) is 0 Å². The molecular formula is C19H34N2O. The molecule has 0 spiro atoms. The van der Waals surface area contributed by atoms with Gasteiger partial charge in [-0.15, -0.1) is 0 Å². The van der Waals surface area contributed by atoms with E-state index in [0.717, 1.165) is 24.3 Å². The van der Waals surface area contributed by atoms with Gasteiger partial charge in [-0.05, 0) is 43.4 Å². The van der Waals surface area contributed by atoms with E-state index in [1.54, 1.807) is 0 Å². The third kappa shape index (κ3) is 4.47. The van der Waals surface area contributed by atoms with Crippen LogP contribution in [0.4, 0.5) is 0 Å². The molecule has 1 aliphatic heterocycles. The van der Waals surface area contributed by atoms with E-state index in [-0.39, 0.29) is 11.3 Å². The van der Waals surface area contributed by atoms with Gasteiger partial charge in [0.25, 0.3) is 0 Å². The molecule has 2 saturated carbocycles. The van der Waals surface area contributed by atoms with Gasteiger partial charge in [-0.1, -0.05) is 40.0 Å². The summed E-state index contributed by atoms with van der Waals surface area (Å²) in [4.78, 5) is 15.0. The van der Waals surface area contributed by atoms with Crippen molar-refractivity contribution in [1.82, 2.24) is 10.2 Å². The van der Waals surface area contributed by atoms with Crippen molar-refractivity contribution in [3.63, 3.8) is 0 Å². The zero-order valence-corrected chi connectivity index (χ0v) is 14.7. The number of carbonyl (C=O) groups excluding carboxylic acids is 1. The third-order valence-electron chi connectivity index (χ3n) is 5.73. The predicted molar refractivity (Wildman–Crippen MR) is 90.6 cm³/mol. The van der Waals surface area contributed by atoms with Crippen molar-refractivity contribution in [3.8, 4) is 0 Å². The van der Waals surface area contributed by atoms with Gasteiger partial charge in [0.2, 0.25) is 5.91 Å². The molecule has 3 heteroatoms. The van der Waals surface area contributed by atoms with Crippen molar-refractivity contribution < 1.29 is 4.79 Å². The van der Waals surface area contributed by atoms with E-state index in [1.807, 2.05) is 20.8 Å². The molecule has 0 radical (unpaired) electrons. The molecule has 0 aromatic heterocycles. The first-order valence-corrected chi connectivity index (χ1v) is 9.43. The number of nitrogens with zero attached hydrogens (tertiary/aromatic N) is 1. The molecule has 1 saturated heterocycles. The molecule has 2 unspecified atom stereocenters. The Bertz CT molecular complexity index is 393. The molecule has 0 aromatic rings. The van der Waals surface area contributed by atoms with Gasteiger partial charge in [0.05, 0.1) is 0 Å². The van der Waals surface area contributed by atoms with E-state index in [0.29, 0.717) is 6.04 Å². The molecule has 1 amide bonds. The lowest BCUT2D eigenvalue weighted by atomic mass is 9.83. The van der Waals surface area contributed by atoms with Crippen molar-refractivity contribution in [2.45, 2.75) is 71.8 Å². The molecule has 1 heterocycles. The highest BCUT2D eigenvalue weighted by molar-refractivity contribution is 5.81. The van der Waals surface area contributed by atoms with Crippen LogP contribution < -0.4 is 5.32 Å². The second kappa shape index (κ2) is 6.51. The van der Waals surface area contributed by atoms with E-state index in [2.05, 4.69) is 10.2 Å². The van der Waals surface area contributed by atoms with E-state index in [1.165, 1.54) is 58.0 Å². The second-order valence-electron chi connectivity index (χ2n) is 9.22. The smallest absolute Gasteiger partial charge is 0.225 e. The average Bonchev–Trinajstić information content (AvgIpc) is 3.16. The molecule has 0 bridgehead atoms. The lowest BCUT2D eigenvalue weighted by Gasteiger charge is -2.42. The van der Waals surface area contributed by atoms with Crippen LogP contribution in [0.3, 0.4) is 0 Å². The van der Waals surface area contributed by atoms with Gasteiger partial charge >= 0.3 is 0 Å². The van der Waals surface area contributed by atoms with Gasteiger partial charge < -0.3 is 10.2 Å². The van der Waals surface area contributed by atoms with Crippen LogP contribution in [-0.4, -0.2) is 36.5 Å². The first-order chi connectivity index (χ1) is 10.4. The normalized spacial score (nSPS) is 30.9. The van der Waals surface area contributed by atoms with Gasteiger partial charge in [0.15, 0.2) is 0 Å². The van der Waals surface area contributed by atoms with Crippen molar-refractivity contribution in [2.75, 3.05) is 19.6 Å². The van der Waals surface area contributed by atoms with E-state index >= 15 is 0 Å². The molecule has 3 rings (SSSR count). The van der Waals surface area contributed by atoms with Gasteiger partial charge in [-0.25, -0.2) is 0 Å². The van der Waals surface area contributed by atoms with Crippen molar-refractivity contribution >= 4 is 5.91 Å². The maximum absolute atomic E-state index is 12.3. The largest absolute Gasteiger partial charge is 0.352 e. The topological polar surface area (TPSA) is 32.3 Å². The van der Waals surface area contributed by atoms with E-state index < -0.39 is 0 Å². The standard InChI is InChI=1S/C19H34N2O/c1-19(2,3)18(22)20-17-10-16(9-14-7-8-14)12-21(13-17)11-15-5-4-6-15/h14-17H,4-13H2,1-3H3,(H,20,22). The lowest BCUT2D eigenvalue weighted by molar-refractivity contribution is -0.129. The SMILES string of the molecule is CC(C)(C)C(=O)NC1CC(CC2CC2)CN(CC2CCC2)C1. The van der Waals surface area contributed by atoms with Crippen molar-refractivity contribution in [3.05, 3.63) is 0 Å². The second-order valence-corrected chi connectivity index (χ2v) is 9.22. The Morgan fingerprint density at radius 2 is 1.77 bits per heavy atom. The Hall–Kier alpha value is -0.570. The van der Waals surface area contributed by atoms with E-state index in [9.17, 15) is 4.79 Å². The zero-order valence-electron chi connectivity index (χ0n) is 14.7. The first kappa shape index (κ1) is 16.3. The number of rotatable bonds is 5.